The molecule has 0 fully saturated rings. The first-order valence-electron chi connectivity index (χ1n) is 11.4. The van der Waals surface area contributed by atoms with Crippen LogP contribution in [-0.4, -0.2) is 97.9 Å². The van der Waals surface area contributed by atoms with Crippen molar-refractivity contribution in [3.05, 3.63) is 35.9 Å². The molecule has 0 saturated carbocycles. The van der Waals surface area contributed by atoms with Gasteiger partial charge >= 0.3 is 0 Å². The summed E-state index contributed by atoms with van der Waals surface area (Å²) in [4.78, 5) is 0. The summed E-state index contributed by atoms with van der Waals surface area (Å²) in [6.07, 6.45) is -0.453. The molecule has 0 aliphatic heterocycles. The van der Waals surface area contributed by atoms with Crippen molar-refractivity contribution in [2.75, 3.05) is 0 Å². The highest BCUT2D eigenvalue weighted by atomic mass is 35.6. The van der Waals surface area contributed by atoms with E-state index in [2.05, 4.69) is 0 Å². The lowest BCUT2D eigenvalue weighted by Crippen LogP contribution is -2.80. The highest BCUT2D eigenvalue weighted by molar-refractivity contribution is 6.67. The fourth-order valence-corrected chi connectivity index (χ4v) is 11.7. The molecule has 0 amide bonds. The van der Waals surface area contributed by atoms with Crippen LogP contribution in [0.1, 0.15) is 12.0 Å². The lowest BCUT2D eigenvalue weighted by Gasteiger charge is -2.69. The summed E-state index contributed by atoms with van der Waals surface area (Å²) >= 11 is 107. The molecule has 39 heavy (non-hydrogen) atoms. The molecule has 1 aromatic carbocycles. The van der Waals surface area contributed by atoms with Crippen LogP contribution in [0.4, 0.5) is 0 Å². The molecule has 0 spiro atoms. The normalized spacial score (nSPS) is 21.7. The monoisotopic (exact) mass is 920 g/mol. The Balaban J connectivity index is 5.04. The summed E-state index contributed by atoms with van der Waals surface area (Å²) in [7, 11) is 1.19. The Morgan fingerprint density at radius 1 is 0.487 bits per heavy atom. The molecule has 228 valence electrons. The molecule has 0 bridgehead atoms. The van der Waals surface area contributed by atoms with Gasteiger partial charge in [0.05, 0.1) is 20.8 Å². The molecule has 0 nitrogen and oxygen atoms in total. The minimum absolute atomic E-state index is 0.209. The second-order valence-electron chi connectivity index (χ2n) is 9.53. The van der Waals surface area contributed by atoms with E-state index in [0.29, 0.717) is 15.8 Å². The zero-order valence-electron chi connectivity index (χ0n) is 21.2. The van der Waals surface area contributed by atoms with Crippen molar-refractivity contribution in [3.8, 4) is 0 Å². The lowest BCUT2D eigenvalue weighted by atomic mass is 9.51. The van der Waals surface area contributed by atoms with Crippen molar-refractivity contribution < 1.29 is 0 Å². The Kier molecular flexibility index (Phi) is 15.8. The number of hydrogen-bond donors (Lipinski definition) is 0. The van der Waals surface area contributed by atoms with Gasteiger partial charge in [-0.1, -0.05) is 123 Å². The Morgan fingerprint density at radius 2 is 0.795 bits per heavy atom. The van der Waals surface area contributed by atoms with Gasteiger partial charge in [0.25, 0.3) is 0 Å². The predicted molar refractivity (Wildman–Crippen MR) is 205 cm³/mol. The summed E-state index contributed by atoms with van der Waals surface area (Å²) in [5.41, 5.74) is -3.97. The van der Waals surface area contributed by atoms with Crippen molar-refractivity contribution in [2.45, 2.75) is 58.5 Å². The Labute approximate surface area is 321 Å². The second kappa shape index (κ2) is 14.8. The third kappa shape index (κ3) is 7.10. The number of benzene rings is 1. The van der Waals surface area contributed by atoms with E-state index in [0.717, 1.165) is 0 Å². The van der Waals surface area contributed by atoms with E-state index in [-0.39, 0.29) is 41.0 Å². The topological polar surface area (TPSA) is 0 Å². The third-order valence-corrected chi connectivity index (χ3v) is 23.9. The zero-order valence-corrected chi connectivity index (χ0v) is 42.5. The van der Waals surface area contributed by atoms with E-state index >= 15 is 0 Å². The van der Waals surface area contributed by atoms with Gasteiger partial charge in [-0.3, -0.25) is 0 Å². The molecule has 0 aromatic heterocycles. The summed E-state index contributed by atoms with van der Waals surface area (Å²) in [5.74, 6) is 0. The quantitative estimate of drug-likeness (QED) is 0.197. The molecule has 1 rings (SSSR count). The number of alkyl halides is 15. The van der Waals surface area contributed by atoms with Gasteiger partial charge in [-0.05, 0) is 12.0 Å². The average Bonchev–Trinajstić information content (AvgIpc) is 2.78. The van der Waals surface area contributed by atoms with Gasteiger partial charge in [0, 0.05) is 66.2 Å². The van der Waals surface area contributed by atoms with E-state index in [1.165, 1.54) is 0 Å². The maximum atomic E-state index is 7.42. The molecular weight excluding hydrogens is 900 g/mol. The van der Waals surface area contributed by atoms with E-state index in [1.807, 2.05) is 0 Å². The highest BCUT2D eigenvalue weighted by Gasteiger charge is 2.84. The van der Waals surface area contributed by atoms with Crippen LogP contribution >= 0.6 is 174 Å². The molecule has 1 aromatic rings. The minimum Gasteiger partial charge on any atom is -0.124 e. The third-order valence-electron chi connectivity index (χ3n) is 7.07. The molecule has 0 N–H and O–H groups in total. The summed E-state index contributed by atoms with van der Waals surface area (Å²) < 4.78 is -10.3. The SMILES string of the molecule is [SiH3]C(Cl)C(Cl)(Cl)CC(C(Cl)(Cl)C([SiH3])Cl)(C(Cl)(Cl)C([SiH3])Cl)C(c1ccccc1)(C(Cl)(Cl)C([SiH3])Cl)C(Cl)(Cl)C([SiH3])Cl. The van der Waals surface area contributed by atoms with Gasteiger partial charge < -0.3 is 0 Å². The van der Waals surface area contributed by atoms with Crippen molar-refractivity contribution in [3.63, 3.8) is 0 Å². The Morgan fingerprint density at radius 3 is 1.05 bits per heavy atom. The van der Waals surface area contributed by atoms with Crippen LogP contribution in [0.15, 0.2) is 30.3 Å². The van der Waals surface area contributed by atoms with Crippen molar-refractivity contribution >= 4 is 225 Å². The molecule has 5 unspecified atom stereocenters. The van der Waals surface area contributed by atoms with Crippen LogP contribution in [0.25, 0.3) is 0 Å². The fourth-order valence-electron chi connectivity index (χ4n) is 4.97. The molecule has 20 heteroatoms. The molecule has 0 saturated heterocycles. The Hall–Kier alpha value is 4.65. The number of rotatable bonds is 13. The van der Waals surface area contributed by atoms with Gasteiger partial charge in [0.2, 0.25) is 0 Å². The smallest absolute Gasteiger partial charge is 0.124 e. The van der Waals surface area contributed by atoms with Gasteiger partial charge in [-0.2, -0.15) is 0 Å². The average molecular weight is 928 g/mol. The van der Waals surface area contributed by atoms with Crippen LogP contribution in [0, 0.1) is 5.41 Å². The van der Waals surface area contributed by atoms with E-state index in [1.54, 1.807) is 30.3 Å². The first kappa shape index (κ1) is 41.7. The van der Waals surface area contributed by atoms with Crippen LogP contribution in [0.3, 0.4) is 0 Å². The van der Waals surface area contributed by atoms with Gasteiger partial charge in [-0.15, -0.1) is 81.2 Å². The fraction of sp³-hybridized carbons (Fsp3) is 0.684. The summed E-state index contributed by atoms with van der Waals surface area (Å²) in [5, 5.41) is -4.74. The first-order valence-corrected chi connectivity index (χ1v) is 23.2. The molecular formula is C19H27Cl15Si5. The zero-order chi connectivity index (χ0) is 31.2. The van der Waals surface area contributed by atoms with Crippen LogP contribution in [-0.2, 0) is 5.41 Å². The van der Waals surface area contributed by atoms with Gasteiger partial charge in [0.15, 0.2) is 0 Å². The predicted octanol–water partition coefficient (Wildman–Crippen LogP) is 4.82. The van der Waals surface area contributed by atoms with Gasteiger partial charge in [0.1, 0.15) is 21.7 Å². The molecule has 0 aliphatic rings. The standard InChI is InChI=1S/C19H27Cl15Si5/c20-8(35)13(25,26)6-14(16(27,28)9(21)36,17(29,30)10(22)37)15(18(31,32)11(23)38,19(33,34)12(24)39)7-4-2-1-3-5-7/h1-5,8-12H,6H2,35-39H3. The van der Waals surface area contributed by atoms with Crippen LogP contribution in [0.2, 0.25) is 0 Å². The molecule has 0 aliphatic carbocycles. The van der Waals surface area contributed by atoms with Gasteiger partial charge in [-0.25, -0.2) is 0 Å². The van der Waals surface area contributed by atoms with Crippen LogP contribution < -0.4 is 0 Å². The summed E-state index contributed by atoms with van der Waals surface area (Å²) in [6.45, 7) is 0. The molecule has 0 heterocycles. The first-order chi connectivity index (χ1) is 17.3. The van der Waals surface area contributed by atoms with E-state index in [4.69, 9.17) is 174 Å². The number of hydrogen-bond acceptors (Lipinski definition) is 0. The highest BCUT2D eigenvalue weighted by Crippen LogP contribution is 2.78. The second-order valence-corrected chi connectivity index (χ2v) is 29.3. The van der Waals surface area contributed by atoms with Crippen molar-refractivity contribution in [1.82, 2.24) is 0 Å². The van der Waals surface area contributed by atoms with Crippen molar-refractivity contribution in [2.24, 2.45) is 5.41 Å². The Bertz CT molecular complexity index is 914. The van der Waals surface area contributed by atoms with Crippen molar-refractivity contribution in [1.29, 1.82) is 0 Å². The van der Waals surface area contributed by atoms with E-state index in [9.17, 15) is 0 Å². The lowest BCUT2D eigenvalue weighted by molar-refractivity contribution is 0.0352. The molecule has 5 atom stereocenters. The largest absolute Gasteiger partial charge is 0.144 e. The maximum absolute atomic E-state index is 7.42. The minimum atomic E-state index is -2.16. The summed E-state index contributed by atoms with van der Waals surface area (Å²) in [6, 6.07) is 8.55. The molecule has 0 radical (unpaired) electrons. The number of halogens is 15. The van der Waals surface area contributed by atoms with Crippen LogP contribution in [0.5, 0.6) is 0 Å². The van der Waals surface area contributed by atoms with E-state index < -0.39 is 63.9 Å². The maximum Gasteiger partial charge on any atom is 0.144 e.